The standard InChI is InChI=1S/C16H31N5O3S.HI/c1-4-18-15(19-11-13-5-10-25(23,24)12-13)20-6-8-21(9-7-20)16(2,3)14(17)22;/h13H,4-12H2,1-3H3,(H2,17,22)(H,18,19);1H. The van der Waals surface area contributed by atoms with Crippen molar-refractivity contribution in [1.82, 2.24) is 15.1 Å². The molecule has 8 nitrogen and oxygen atoms in total. The van der Waals surface area contributed by atoms with Gasteiger partial charge in [-0.05, 0) is 33.1 Å². The molecule has 2 saturated heterocycles. The molecule has 2 fully saturated rings. The molecule has 1 amide bonds. The molecule has 26 heavy (non-hydrogen) atoms. The van der Waals surface area contributed by atoms with Crippen molar-refractivity contribution in [3.8, 4) is 0 Å². The molecule has 1 atom stereocenters. The van der Waals surface area contributed by atoms with E-state index in [2.05, 4.69) is 20.1 Å². The van der Waals surface area contributed by atoms with Gasteiger partial charge in [0, 0.05) is 39.3 Å². The molecular weight excluding hydrogens is 469 g/mol. The number of carbonyl (C=O) groups excluding carboxylic acids is 1. The van der Waals surface area contributed by atoms with E-state index in [9.17, 15) is 13.2 Å². The Morgan fingerprint density at radius 3 is 2.35 bits per heavy atom. The summed E-state index contributed by atoms with van der Waals surface area (Å²) in [5.41, 5.74) is 4.85. The lowest BCUT2D eigenvalue weighted by molar-refractivity contribution is -0.129. The van der Waals surface area contributed by atoms with E-state index in [1.54, 1.807) is 0 Å². The summed E-state index contributed by atoms with van der Waals surface area (Å²) >= 11 is 0. The molecule has 2 aliphatic heterocycles. The first-order valence-electron chi connectivity index (χ1n) is 8.94. The highest BCUT2D eigenvalue weighted by Crippen LogP contribution is 2.19. The van der Waals surface area contributed by atoms with E-state index in [1.807, 2.05) is 20.8 Å². The third-order valence-electron chi connectivity index (χ3n) is 5.13. The van der Waals surface area contributed by atoms with Crippen molar-refractivity contribution in [3.05, 3.63) is 0 Å². The Bertz CT molecular complexity index is 615. The first kappa shape index (κ1) is 23.4. The number of piperazine rings is 1. The zero-order valence-electron chi connectivity index (χ0n) is 15.9. The minimum Gasteiger partial charge on any atom is -0.368 e. The number of carbonyl (C=O) groups is 1. The highest BCUT2D eigenvalue weighted by molar-refractivity contribution is 14.0. The van der Waals surface area contributed by atoms with Gasteiger partial charge in [0.1, 0.15) is 0 Å². The number of amides is 1. The molecule has 10 heteroatoms. The molecule has 2 aliphatic rings. The summed E-state index contributed by atoms with van der Waals surface area (Å²) in [5, 5.41) is 3.29. The molecule has 1 unspecified atom stereocenters. The maximum absolute atomic E-state index is 11.6. The van der Waals surface area contributed by atoms with Gasteiger partial charge < -0.3 is 16.0 Å². The summed E-state index contributed by atoms with van der Waals surface area (Å²) in [7, 11) is -2.87. The van der Waals surface area contributed by atoms with Gasteiger partial charge >= 0.3 is 0 Å². The number of guanidine groups is 1. The Kier molecular flexibility index (Phi) is 8.59. The van der Waals surface area contributed by atoms with E-state index in [1.165, 1.54) is 0 Å². The van der Waals surface area contributed by atoms with Crippen LogP contribution in [0.4, 0.5) is 0 Å². The average Bonchev–Trinajstić information content (AvgIpc) is 2.90. The number of sulfone groups is 1. The van der Waals surface area contributed by atoms with Crippen LogP contribution in [-0.2, 0) is 14.6 Å². The highest BCUT2D eigenvalue weighted by atomic mass is 127. The Morgan fingerprint density at radius 1 is 1.27 bits per heavy atom. The third-order valence-corrected chi connectivity index (χ3v) is 6.97. The monoisotopic (exact) mass is 501 g/mol. The summed E-state index contributed by atoms with van der Waals surface area (Å²) in [6, 6.07) is 0. The second kappa shape index (κ2) is 9.54. The number of aliphatic imine (C=N–C) groups is 1. The molecule has 152 valence electrons. The van der Waals surface area contributed by atoms with Crippen molar-refractivity contribution in [3.63, 3.8) is 0 Å². The predicted molar refractivity (Wildman–Crippen MR) is 115 cm³/mol. The molecule has 2 heterocycles. The first-order valence-corrected chi connectivity index (χ1v) is 10.8. The number of nitrogens with zero attached hydrogens (tertiary/aromatic N) is 3. The number of hydrogen-bond acceptors (Lipinski definition) is 5. The van der Waals surface area contributed by atoms with Crippen LogP contribution >= 0.6 is 24.0 Å². The Hall–Kier alpha value is -0.620. The van der Waals surface area contributed by atoms with E-state index in [-0.39, 0.29) is 47.3 Å². The number of rotatable bonds is 5. The smallest absolute Gasteiger partial charge is 0.237 e. The summed E-state index contributed by atoms with van der Waals surface area (Å²) in [5.74, 6) is 1.15. The van der Waals surface area contributed by atoms with Crippen LogP contribution in [0.25, 0.3) is 0 Å². The van der Waals surface area contributed by atoms with Crippen molar-refractivity contribution in [2.45, 2.75) is 32.7 Å². The van der Waals surface area contributed by atoms with E-state index in [4.69, 9.17) is 5.73 Å². The van der Waals surface area contributed by atoms with Gasteiger partial charge in [-0.2, -0.15) is 0 Å². The average molecular weight is 501 g/mol. The second-order valence-corrected chi connectivity index (χ2v) is 9.59. The lowest BCUT2D eigenvalue weighted by Gasteiger charge is -2.43. The topological polar surface area (TPSA) is 108 Å². The SMILES string of the molecule is CCNC(=NCC1CCS(=O)(=O)C1)N1CCN(C(C)(C)C(N)=O)CC1.I. The van der Waals surface area contributed by atoms with Crippen LogP contribution in [0.2, 0.25) is 0 Å². The van der Waals surface area contributed by atoms with Crippen molar-refractivity contribution in [2.75, 3.05) is 50.8 Å². The number of halogens is 1. The maximum Gasteiger partial charge on any atom is 0.237 e. The zero-order chi connectivity index (χ0) is 18.7. The van der Waals surface area contributed by atoms with Crippen LogP contribution in [0.15, 0.2) is 4.99 Å². The van der Waals surface area contributed by atoms with E-state index in [0.717, 1.165) is 38.7 Å². The van der Waals surface area contributed by atoms with Crippen LogP contribution < -0.4 is 11.1 Å². The molecule has 0 bridgehead atoms. The fourth-order valence-electron chi connectivity index (χ4n) is 3.29. The summed E-state index contributed by atoms with van der Waals surface area (Å²) < 4.78 is 23.2. The first-order chi connectivity index (χ1) is 11.7. The fourth-order valence-corrected chi connectivity index (χ4v) is 5.14. The molecular formula is C16H32IN5O3S. The van der Waals surface area contributed by atoms with Gasteiger partial charge in [0.25, 0.3) is 0 Å². The molecule has 3 N–H and O–H groups in total. The molecule has 0 aliphatic carbocycles. The van der Waals surface area contributed by atoms with E-state index >= 15 is 0 Å². The van der Waals surface area contributed by atoms with Gasteiger partial charge in [0.15, 0.2) is 15.8 Å². The summed E-state index contributed by atoms with van der Waals surface area (Å²) in [6.45, 7) is 9.99. The number of nitrogens with two attached hydrogens (primary N) is 1. The van der Waals surface area contributed by atoms with Crippen LogP contribution in [0.3, 0.4) is 0 Å². The van der Waals surface area contributed by atoms with Crippen LogP contribution in [0.1, 0.15) is 27.2 Å². The summed E-state index contributed by atoms with van der Waals surface area (Å²) in [6.07, 6.45) is 0.700. The van der Waals surface area contributed by atoms with Crippen molar-refractivity contribution in [2.24, 2.45) is 16.6 Å². The van der Waals surface area contributed by atoms with Crippen molar-refractivity contribution < 1.29 is 13.2 Å². The highest BCUT2D eigenvalue weighted by Gasteiger charge is 2.35. The van der Waals surface area contributed by atoms with Crippen molar-refractivity contribution >= 4 is 45.7 Å². The Morgan fingerprint density at radius 2 is 1.88 bits per heavy atom. The minimum absolute atomic E-state index is 0. The van der Waals surface area contributed by atoms with E-state index < -0.39 is 15.4 Å². The lowest BCUT2D eigenvalue weighted by Crippen LogP contribution is -2.61. The number of primary amides is 1. The second-order valence-electron chi connectivity index (χ2n) is 7.36. The van der Waals surface area contributed by atoms with Crippen LogP contribution in [-0.4, -0.2) is 86.4 Å². The Balaban J connectivity index is 0.00000338. The normalized spacial score (nSPS) is 24.2. The molecule has 0 saturated carbocycles. The van der Waals surface area contributed by atoms with Crippen molar-refractivity contribution in [1.29, 1.82) is 0 Å². The third kappa shape index (κ3) is 5.95. The van der Waals surface area contributed by atoms with Gasteiger partial charge in [-0.1, -0.05) is 0 Å². The van der Waals surface area contributed by atoms with Gasteiger partial charge in [-0.25, -0.2) is 8.42 Å². The molecule has 0 aromatic rings. The number of hydrogen-bond donors (Lipinski definition) is 2. The molecule has 0 radical (unpaired) electrons. The van der Waals surface area contributed by atoms with Crippen LogP contribution in [0, 0.1) is 5.92 Å². The fraction of sp³-hybridized carbons (Fsp3) is 0.875. The molecule has 2 rings (SSSR count). The zero-order valence-corrected chi connectivity index (χ0v) is 19.0. The van der Waals surface area contributed by atoms with Crippen LogP contribution in [0.5, 0.6) is 0 Å². The van der Waals surface area contributed by atoms with E-state index in [0.29, 0.717) is 13.0 Å². The molecule has 0 aromatic heterocycles. The lowest BCUT2D eigenvalue weighted by atomic mass is 10.0. The number of nitrogens with one attached hydrogen (secondary N) is 1. The molecule has 0 spiro atoms. The molecule has 0 aromatic carbocycles. The Labute approximate surface area is 173 Å². The minimum atomic E-state index is -2.87. The largest absolute Gasteiger partial charge is 0.368 e. The quantitative estimate of drug-likeness (QED) is 0.309. The maximum atomic E-state index is 11.6. The van der Waals surface area contributed by atoms with Gasteiger partial charge in [-0.3, -0.25) is 14.7 Å². The summed E-state index contributed by atoms with van der Waals surface area (Å²) in [4.78, 5) is 20.5. The van der Waals surface area contributed by atoms with Gasteiger partial charge in [0.05, 0.1) is 17.0 Å². The predicted octanol–water partition coefficient (Wildman–Crippen LogP) is -0.114. The van der Waals surface area contributed by atoms with Gasteiger partial charge in [0.2, 0.25) is 5.91 Å². The van der Waals surface area contributed by atoms with Gasteiger partial charge in [-0.15, -0.1) is 24.0 Å².